The van der Waals surface area contributed by atoms with E-state index in [4.69, 9.17) is 14.2 Å². The minimum Gasteiger partial charge on any atom is -0.477 e. The molecule has 2 unspecified atom stereocenters. The second-order valence-electron chi connectivity index (χ2n) is 15.9. The number of carbonyl (C=O) groups excluding carboxylic acids is 2. The molecule has 0 heterocycles. The number of carboxylic acid groups (broad SMARTS) is 1. The number of carbonyl (C=O) groups is 3. The molecule has 8 nitrogen and oxygen atoms in total. The summed E-state index contributed by atoms with van der Waals surface area (Å²) in [6.07, 6.45) is 42.4. The van der Waals surface area contributed by atoms with Crippen molar-refractivity contribution in [2.75, 3.05) is 41.0 Å². The topological polar surface area (TPSA) is 99.1 Å². The van der Waals surface area contributed by atoms with E-state index in [1.807, 2.05) is 33.3 Å². The molecular formula is C46H84NO7+. The van der Waals surface area contributed by atoms with E-state index in [0.29, 0.717) is 19.3 Å². The molecule has 0 bridgehead atoms. The normalized spacial score (nSPS) is 13.3. The molecule has 0 rings (SSSR count). The van der Waals surface area contributed by atoms with Crippen molar-refractivity contribution in [3.8, 4) is 0 Å². The van der Waals surface area contributed by atoms with Gasteiger partial charge in [-0.25, -0.2) is 4.79 Å². The van der Waals surface area contributed by atoms with Crippen molar-refractivity contribution < 1.29 is 38.2 Å². The smallest absolute Gasteiger partial charge is 0.362 e. The third-order valence-corrected chi connectivity index (χ3v) is 9.79. The molecule has 0 saturated heterocycles. The summed E-state index contributed by atoms with van der Waals surface area (Å²) in [5, 5.41) is 9.58. The van der Waals surface area contributed by atoms with Crippen LogP contribution in [-0.4, -0.2) is 80.6 Å². The van der Waals surface area contributed by atoms with Gasteiger partial charge in [-0.15, -0.1) is 0 Å². The highest BCUT2D eigenvalue weighted by molar-refractivity contribution is 5.72. The van der Waals surface area contributed by atoms with Crippen molar-refractivity contribution in [2.45, 2.75) is 199 Å². The van der Waals surface area contributed by atoms with E-state index in [-0.39, 0.29) is 42.7 Å². The summed E-state index contributed by atoms with van der Waals surface area (Å²) in [5.41, 5.74) is 0. The van der Waals surface area contributed by atoms with Gasteiger partial charge in [0.25, 0.3) is 0 Å². The zero-order chi connectivity index (χ0) is 40.0. The molecule has 314 valence electrons. The lowest BCUT2D eigenvalue weighted by Crippen LogP contribution is -2.50. The number of allylic oxidation sites excluding steroid dienone is 6. The second kappa shape index (κ2) is 37.5. The van der Waals surface area contributed by atoms with Gasteiger partial charge in [0.05, 0.1) is 34.4 Å². The highest BCUT2D eigenvalue weighted by atomic mass is 16.6. The summed E-state index contributed by atoms with van der Waals surface area (Å²) >= 11 is 0. The minimum absolute atomic E-state index is 0.0424. The standard InChI is InChI=1S/C46H83NO7/c1-6-8-10-12-14-15-16-17-18-19-20-21-22-23-24-25-26-27-28-29-31-33-35-37-45(49)54-42(40-52-39-38-43(46(50)51)47(3,4)5)41-53-44(48)36-34-32-30-13-11-9-7-2/h9,11,23-24,30,32,42-43H,6-8,10,12-22,25-29,31,33-41H2,1-5H3/p+1/b11-9+,24-23+,32-30+. The van der Waals surface area contributed by atoms with E-state index in [2.05, 4.69) is 38.2 Å². The first kappa shape index (κ1) is 51.5. The average molecular weight is 763 g/mol. The highest BCUT2D eigenvalue weighted by Crippen LogP contribution is 2.15. The van der Waals surface area contributed by atoms with Crippen LogP contribution in [0, 0.1) is 0 Å². The first-order valence-electron chi connectivity index (χ1n) is 22.0. The molecule has 8 heteroatoms. The maximum absolute atomic E-state index is 12.7. The Balaban J connectivity index is 4.16. The first-order valence-corrected chi connectivity index (χ1v) is 22.0. The third-order valence-electron chi connectivity index (χ3n) is 9.79. The predicted molar refractivity (Wildman–Crippen MR) is 225 cm³/mol. The van der Waals surface area contributed by atoms with Crippen LogP contribution in [0.15, 0.2) is 36.5 Å². The van der Waals surface area contributed by atoms with E-state index in [9.17, 15) is 19.5 Å². The van der Waals surface area contributed by atoms with Crippen LogP contribution in [0.3, 0.4) is 0 Å². The summed E-state index contributed by atoms with van der Waals surface area (Å²) in [4.78, 5) is 36.7. The summed E-state index contributed by atoms with van der Waals surface area (Å²) in [7, 11) is 5.50. The van der Waals surface area contributed by atoms with Crippen LogP contribution in [0.4, 0.5) is 0 Å². The van der Waals surface area contributed by atoms with E-state index in [0.717, 1.165) is 32.1 Å². The van der Waals surface area contributed by atoms with E-state index >= 15 is 0 Å². The largest absolute Gasteiger partial charge is 0.477 e. The number of hydrogen-bond donors (Lipinski definition) is 1. The number of likely N-dealkylation sites (N-methyl/N-ethyl adjacent to an activating group) is 1. The van der Waals surface area contributed by atoms with Gasteiger partial charge < -0.3 is 23.8 Å². The van der Waals surface area contributed by atoms with Crippen molar-refractivity contribution in [1.82, 2.24) is 0 Å². The Morgan fingerprint density at radius 3 is 1.59 bits per heavy atom. The molecule has 2 atom stereocenters. The third kappa shape index (κ3) is 35.3. The maximum Gasteiger partial charge on any atom is 0.362 e. The Morgan fingerprint density at radius 1 is 0.574 bits per heavy atom. The van der Waals surface area contributed by atoms with Gasteiger partial charge in [-0.05, 0) is 51.4 Å². The van der Waals surface area contributed by atoms with Crippen LogP contribution in [0.2, 0.25) is 0 Å². The molecule has 0 aliphatic rings. The molecule has 0 fully saturated rings. The summed E-state index contributed by atoms with van der Waals surface area (Å²) in [5.74, 6) is -1.56. The Morgan fingerprint density at radius 2 is 1.07 bits per heavy atom. The lowest BCUT2D eigenvalue weighted by atomic mass is 10.0. The number of ether oxygens (including phenoxy) is 3. The Bertz CT molecular complexity index is 984. The minimum atomic E-state index is -0.883. The van der Waals surface area contributed by atoms with Crippen molar-refractivity contribution in [1.29, 1.82) is 0 Å². The van der Waals surface area contributed by atoms with Crippen molar-refractivity contribution in [3.63, 3.8) is 0 Å². The fourth-order valence-corrected chi connectivity index (χ4v) is 6.38. The molecule has 0 saturated carbocycles. The first-order chi connectivity index (χ1) is 26.1. The van der Waals surface area contributed by atoms with Gasteiger partial charge in [-0.3, -0.25) is 9.59 Å². The number of rotatable bonds is 39. The SMILES string of the molecule is CC/C=C/C/C=C/CCC(=O)OCC(COCCC(C(=O)O)[N+](C)(C)C)OC(=O)CCCCCCCCC/C=C/CCCCCCCCCCCCCC. The number of aliphatic carboxylic acids is 1. The average Bonchev–Trinajstić information content (AvgIpc) is 3.12. The highest BCUT2D eigenvalue weighted by Gasteiger charge is 2.31. The lowest BCUT2D eigenvalue weighted by molar-refractivity contribution is -0.887. The molecule has 0 spiro atoms. The zero-order valence-electron chi connectivity index (χ0n) is 35.7. The van der Waals surface area contributed by atoms with E-state index < -0.39 is 18.1 Å². The number of esters is 2. The van der Waals surface area contributed by atoms with E-state index in [1.54, 1.807) is 0 Å². The number of unbranched alkanes of at least 4 members (excludes halogenated alkanes) is 19. The van der Waals surface area contributed by atoms with Crippen LogP contribution >= 0.6 is 0 Å². The molecule has 0 aliphatic carbocycles. The number of quaternary nitrogens is 1. The molecule has 0 amide bonds. The van der Waals surface area contributed by atoms with Gasteiger partial charge in [0.1, 0.15) is 6.61 Å². The number of nitrogens with zero attached hydrogens (tertiary/aromatic N) is 1. The molecule has 0 aliphatic heterocycles. The summed E-state index contributed by atoms with van der Waals surface area (Å²) < 4.78 is 17.1. The molecule has 0 radical (unpaired) electrons. The van der Waals surface area contributed by atoms with Crippen molar-refractivity contribution in [2.24, 2.45) is 0 Å². The van der Waals surface area contributed by atoms with Gasteiger partial charge in [0.2, 0.25) is 0 Å². The lowest BCUT2D eigenvalue weighted by Gasteiger charge is -2.31. The number of hydrogen-bond acceptors (Lipinski definition) is 6. The fraction of sp³-hybridized carbons (Fsp3) is 0.804. The van der Waals surface area contributed by atoms with Gasteiger partial charge in [0, 0.05) is 19.3 Å². The van der Waals surface area contributed by atoms with Gasteiger partial charge in [-0.1, -0.05) is 153 Å². The summed E-state index contributed by atoms with van der Waals surface area (Å²) in [6.45, 7) is 4.53. The van der Waals surface area contributed by atoms with Gasteiger partial charge >= 0.3 is 17.9 Å². The molecule has 1 N–H and O–H groups in total. The van der Waals surface area contributed by atoms with E-state index in [1.165, 1.54) is 116 Å². The Kier molecular flexibility index (Phi) is 35.8. The Labute approximate surface area is 332 Å². The van der Waals surface area contributed by atoms with Crippen LogP contribution in [0.5, 0.6) is 0 Å². The molecule has 0 aromatic rings. The van der Waals surface area contributed by atoms with Crippen molar-refractivity contribution in [3.05, 3.63) is 36.5 Å². The second-order valence-corrected chi connectivity index (χ2v) is 15.9. The molecule has 0 aromatic heterocycles. The van der Waals surface area contributed by atoms with Crippen LogP contribution in [0.1, 0.15) is 187 Å². The quantitative estimate of drug-likeness (QED) is 0.0288. The zero-order valence-corrected chi connectivity index (χ0v) is 35.7. The van der Waals surface area contributed by atoms with Crippen LogP contribution in [0.25, 0.3) is 0 Å². The molecular weight excluding hydrogens is 679 g/mol. The van der Waals surface area contributed by atoms with Gasteiger partial charge in [0.15, 0.2) is 12.1 Å². The molecule has 54 heavy (non-hydrogen) atoms. The summed E-state index contributed by atoms with van der Waals surface area (Å²) in [6, 6.07) is -0.620. The Hall–Kier alpha value is -2.45. The predicted octanol–water partition coefficient (Wildman–Crippen LogP) is 11.9. The number of carboxylic acids is 1. The monoisotopic (exact) mass is 763 g/mol. The fourth-order valence-electron chi connectivity index (χ4n) is 6.38. The molecule has 0 aromatic carbocycles. The van der Waals surface area contributed by atoms with Gasteiger partial charge in [-0.2, -0.15) is 0 Å². The van der Waals surface area contributed by atoms with Crippen LogP contribution in [-0.2, 0) is 28.6 Å². The maximum atomic E-state index is 12.7. The van der Waals surface area contributed by atoms with Crippen molar-refractivity contribution >= 4 is 17.9 Å². The van der Waals surface area contributed by atoms with Crippen LogP contribution < -0.4 is 0 Å².